The Balaban J connectivity index is 2.18. The number of hydrogen-bond acceptors (Lipinski definition) is 3. The van der Waals surface area contributed by atoms with E-state index in [1.807, 2.05) is 20.0 Å². The number of amides is 1. The molecule has 1 heterocycles. The average Bonchev–Trinajstić information content (AvgIpc) is 2.44. The first kappa shape index (κ1) is 14.8. The van der Waals surface area contributed by atoms with Crippen LogP contribution in [0.4, 0.5) is 0 Å². The van der Waals surface area contributed by atoms with Gasteiger partial charge in [-0.3, -0.25) is 4.79 Å². The van der Waals surface area contributed by atoms with Crippen molar-refractivity contribution in [3.63, 3.8) is 0 Å². The molecule has 1 aliphatic rings. The molecule has 1 amide bonds. The highest BCUT2D eigenvalue weighted by Crippen LogP contribution is 2.24. The van der Waals surface area contributed by atoms with Crippen LogP contribution < -0.4 is 5.32 Å². The van der Waals surface area contributed by atoms with Crippen molar-refractivity contribution in [2.45, 2.75) is 25.3 Å². The van der Waals surface area contributed by atoms with Gasteiger partial charge in [0.1, 0.15) is 5.54 Å². The summed E-state index contributed by atoms with van der Waals surface area (Å²) in [6.45, 7) is 3.46. The van der Waals surface area contributed by atoms with Crippen molar-refractivity contribution in [1.82, 2.24) is 10.2 Å². The highest BCUT2D eigenvalue weighted by Gasteiger charge is 2.35. The molecule has 1 N–H and O–H groups in total. The van der Waals surface area contributed by atoms with Crippen molar-refractivity contribution in [3.05, 3.63) is 34.3 Å². The molecule has 1 aliphatic heterocycles. The van der Waals surface area contributed by atoms with Crippen LogP contribution in [0, 0.1) is 18.3 Å². The molecule has 1 aromatic carbocycles. The first-order valence-corrected chi connectivity index (χ1v) is 7.03. The number of hydrogen-bond donors (Lipinski definition) is 1. The Kier molecular flexibility index (Phi) is 4.32. The minimum absolute atomic E-state index is 0.273. The molecule has 2 rings (SSSR count). The largest absolute Gasteiger partial charge is 0.334 e. The molecular weight excluding hydrogens is 274 g/mol. The van der Waals surface area contributed by atoms with Crippen LogP contribution >= 0.6 is 11.6 Å². The zero-order chi connectivity index (χ0) is 14.8. The molecule has 0 spiro atoms. The molecule has 5 heteroatoms. The zero-order valence-corrected chi connectivity index (χ0v) is 12.5. The van der Waals surface area contributed by atoms with Crippen molar-refractivity contribution in [1.29, 1.82) is 5.26 Å². The van der Waals surface area contributed by atoms with Gasteiger partial charge in [-0.25, -0.2) is 0 Å². The molecule has 0 bridgehead atoms. The molecule has 20 heavy (non-hydrogen) atoms. The SMILES string of the molecule is Cc1cccc(C(=O)NC2(C#N)CCN(C)CC2)c1Cl. The van der Waals surface area contributed by atoms with Gasteiger partial charge in [-0.2, -0.15) is 5.26 Å². The normalized spacial score (nSPS) is 18.3. The predicted octanol–water partition coefficient (Wildman–Crippen LogP) is 2.37. The van der Waals surface area contributed by atoms with Crippen molar-refractivity contribution >= 4 is 17.5 Å². The van der Waals surface area contributed by atoms with Crippen LogP contribution in [0.3, 0.4) is 0 Å². The number of halogens is 1. The van der Waals surface area contributed by atoms with Gasteiger partial charge in [0.15, 0.2) is 0 Å². The lowest BCUT2D eigenvalue weighted by atomic mass is 9.88. The van der Waals surface area contributed by atoms with Gasteiger partial charge in [-0.15, -0.1) is 0 Å². The van der Waals surface area contributed by atoms with Crippen molar-refractivity contribution in [2.75, 3.05) is 20.1 Å². The Hall–Kier alpha value is -1.57. The van der Waals surface area contributed by atoms with Crippen LogP contribution in [-0.4, -0.2) is 36.5 Å². The maximum Gasteiger partial charge on any atom is 0.254 e. The molecule has 0 atom stereocenters. The van der Waals surface area contributed by atoms with Crippen LogP contribution in [0.25, 0.3) is 0 Å². The molecule has 0 radical (unpaired) electrons. The average molecular weight is 292 g/mol. The smallest absolute Gasteiger partial charge is 0.254 e. The summed E-state index contributed by atoms with van der Waals surface area (Å²) in [4.78, 5) is 14.5. The first-order chi connectivity index (χ1) is 9.47. The molecule has 4 nitrogen and oxygen atoms in total. The number of piperidine rings is 1. The topological polar surface area (TPSA) is 56.1 Å². The number of benzene rings is 1. The zero-order valence-electron chi connectivity index (χ0n) is 11.7. The molecule has 0 aromatic heterocycles. The minimum atomic E-state index is -0.781. The van der Waals surface area contributed by atoms with E-state index < -0.39 is 5.54 Å². The van der Waals surface area contributed by atoms with Gasteiger partial charge in [0.2, 0.25) is 0 Å². The van der Waals surface area contributed by atoms with E-state index >= 15 is 0 Å². The summed E-state index contributed by atoms with van der Waals surface area (Å²) in [5.41, 5.74) is 0.505. The third kappa shape index (κ3) is 2.95. The minimum Gasteiger partial charge on any atom is -0.334 e. The number of likely N-dealkylation sites (tertiary alicyclic amines) is 1. The second-order valence-electron chi connectivity index (χ2n) is 5.39. The third-order valence-corrected chi connectivity index (χ3v) is 4.35. The highest BCUT2D eigenvalue weighted by atomic mass is 35.5. The third-order valence-electron chi connectivity index (χ3n) is 3.84. The summed E-state index contributed by atoms with van der Waals surface area (Å²) in [6, 6.07) is 7.61. The molecule has 1 saturated heterocycles. The van der Waals surface area contributed by atoms with Crippen LogP contribution in [0.5, 0.6) is 0 Å². The summed E-state index contributed by atoms with van der Waals surface area (Å²) in [6.07, 6.45) is 1.27. The first-order valence-electron chi connectivity index (χ1n) is 6.65. The molecule has 0 saturated carbocycles. The molecule has 1 fully saturated rings. The van der Waals surface area contributed by atoms with Gasteiger partial charge in [0.25, 0.3) is 5.91 Å². The van der Waals surface area contributed by atoms with Gasteiger partial charge in [-0.1, -0.05) is 23.7 Å². The van der Waals surface area contributed by atoms with Gasteiger partial charge >= 0.3 is 0 Å². The van der Waals surface area contributed by atoms with Crippen LogP contribution in [-0.2, 0) is 0 Å². The number of carbonyl (C=O) groups excluding carboxylic acids is 1. The number of carbonyl (C=O) groups is 1. The lowest BCUT2D eigenvalue weighted by molar-refractivity contribution is 0.0882. The van der Waals surface area contributed by atoms with Crippen LogP contribution in [0.2, 0.25) is 5.02 Å². The van der Waals surface area contributed by atoms with Crippen LogP contribution in [0.15, 0.2) is 18.2 Å². The van der Waals surface area contributed by atoms with Gasteiger partial charge in [-0.05, 0) is 38.4 Å². The fourth-order valence-electron chi connectivity index (χ4n) is 2.37. The molecule has 1 aromatic rings. The van der Waals surface area contributed by atoms with Crippen molar-refractivity contribution < 1.29 is 4.79 Å². The Bertz CT molecular complexity index is 557. The van der Waals surface area contributed by atoms with E-state index in [0.717, 1.165) is 18.7 Å². The Labute approximate surface area is 124 Å². The van der Waals surface area contributed by atoms with E-state index in [0.29, 0.717) is 23.4 Å². The Morgan fingerprint density at radius 2 is 2.10 bits per heavy atom. The lowest BCUT2D eigenvalue weighted by Gasteiger charge is -2.36. The summed E-state index contributed by atoms with van der Waals surface area (Å²) in [7, 11) is 2.01. The number of rotatable bonds is 2. The van der Waals surface area contributed by atoms with Crippen LogP contribution in [0.1, 0.15) is 28.8 Å². The summed E-state index contributed by atoms with van der Waals surface area (Å²) in [5.74, 6) is -0.273. The fraction of sp³-hybridized carbons (Fsp3) is 0.467. The molecule has 0 unspecified atom stereocenters. The molecular formula is C15H18ClN3O. The number of aryl methyl sites for hydroxylation is 1. The van der Waals surface area contributed by atoms with Gasteiger partial charge < -0.3 is 10.2 Å². The second-order valence-corrected chi connectivity index (χ2v) is 5.77. The summed E-state index contributed by atoms with van der Waals surface area (Å²) < 4.78 is 0. The highest BCUT2D eigenvalue weighted by molar-refractivity contribution is 6.34. The maximum atomic E-state index is 12.4. The van der Waals surface area contributed by atoms with E-state index in [1.54, 1.807) is 12.1 Å². The van der Waals surface area contributed by atoms with Gasteiger partial charge in [0.05, 0.1) is 16.7 Å². The standard InChI is InChI=1S/C15H18ClN3O/c1-11-4-3-5-12(13(11)16)14(20)18-15(10-17)6-8-19(2)9-7-15/h3-5H,6-9H2,1-2H3,(H,18,20). The Morgan fingerprint density at radius 1 is 1.45 bits per heavy atom. The lowest BCUT2D eigenvalue weighted by Crippen LogP contribution is -2.53. The number of nitrogens with zero attached hydrogens (tertiary/aromatic N) is 2. The van der Waals surface area contributed by atoms with E-state index in [2.05, 4.69) is 16.3 Å². The van der Waals surface area contributed by atoms with Gasteiger partial charge in [0, 0.05) is 13.1 Å². The number of nitriles is 1. The van der Waals surface area contributed by atoms with Crippen molar-refractivity contribution in [3.8, 4) is 6.07 Å². The second kappa shape index (κ2) is 5.82. The fourth-order valence-corrected chi connectivity index (χ4v) is 2.58. The quantitative estimate of drug-likeness (QED) is 0.910. The van der Waals surface area contributed by atoms with Crippen molar-refractivity contribution in [2.24, 2.45) is 0 Å². The predicted molar refractivity (Wildman–Crippen MR) is 78.7 cm³/mol. The van der Waals surface area contributed by atoms with E-state index in [-0.39, 0.29) is 5.91 Å². The molecule has 106 valence electrons. The number of nitrogens with one attached hydrogen (secondary N) is 1. The van der Waals surface area contributed by atoms with E-state index in [9.17, 15) is 10.1 Å². The summed E-state index contributed by atoms with van der Waals surface area (Å²) in [5, 5.41) is 12.8. The van der Waals surface area contributed by atoms with E-state index in [4.69, 9.17) is 11.6 Å². The maximum absolute atomic E-state index is 12.4. The summed E-state index contributed by atoms with van der Waals surface area (Å²) >= 11 is 6.17. The Morgan fingerprint density at radius 3 is 2.70 bits per heavy atom. The van der Waals surface area contributed by atoms with E-state index in [1.165, 1.54) is 0 Å². The monoisotopic (exact) mass is 291 g/mol. The molecule has 0 aliphatic carbocycles.